The lowest BCUT2D eigenvalue weighted by Crippen LogP contribution is -2.31. The summed E-state index contributed by atoms with van der Waals surface area (Å²) in [7, 11) is 1.53. The van der Waals surface area contributed by atoms with Crippen LogP contribution >= 0.6 is 0 Å². The molecular weight excluding hydrogens is 374 g/mol. The number of nitrogens with one attached hydrogen (secondary N) is 2. The highest BCUT2D eigenvalue weighted by Crippen LogP contribution is 2.44. The molecule has 8 nitrogen and oxygen atoms in total. The highest BCUT2D eigenvalue weighted by atomic mass is 16.5. The van der Waals surface area contributed by atoms with Crippen molar-refractivity contribution >= 4 is 11.8 Å². The van der Waals surface area contributed by atoms with Gasteiger partial charge in [-0.3, -0.25) is 9.59 Å². The fourth-order valence-corrected chi connectivity index (χ4v) is 4.28. The lowest BCUT2D eigenvalue weighted by molar-refractivity contribution is 0.0923. The number of hydrogen-bond donors (Lipinski definition) is 3. The highest BCUT2D eigenvalue weighted by Gasteiger charge is 2.55. The number of carbonyl (C=O) groups excluding carboxylic acids is 2. The van der Waals surface area contributed by atoms with E-state index < -0.39 is 0 Å². The van der Waals surface area contributed by atoms with E-state index in [0.717, 1.165) is 5.56 Å². The standard InChI is InChI=1S/C21H21N3O5/c1-22-20(26)12-6-16(21(27)24-17-14-7-28-8-15(14)17)23-18-13(9-29-19(12)18)10-3-2-4-11(25)5-10/h2-6,13-15,17,25H,7-9H2,1H3,(H,22,26)(H,24,27)/t13?,14-,15+,17?. The van der Waals surface area contributed by atoms with E-state index in [0.29, 0.717) is 36.5 Å². The minimum absolute atomic E-state index is 0.105. The fraction of sp³-hybridized carbons (Fsp3) is 0.381. The molecule has 29 heavy (non-hydrogen) atoms. The van der Waals surface area contributed by atoms with Crippen molar-refractivity contribution in [3.63, 3.8) is 0 Å². The second kappa shape index (κ2) is 6.73. The Balaban J connectivity index is 1.50. The first kappa shape index (κ1) is 17.9. The van der Waals surface area contributed by atoms with Gasteiger partial charge in [0, 0.05) is 24.9 Å². The van der Waals surface area contributed by atoms with Crippen molar-refractivity contribution in [1.29, 1.82) is 0 Å². The molecule has 1 aliphatic carbocycles. The van der Waals surface area contributed by atoms with E-state index in [4.69, 9.17) is 9.47 Å². The predicted molar refractivity (Wildman–Crippen MR) is 102 cm³/mol. The van der Waals surface area contributed by atoms with Crippen molar-refractivity contribution in [3.05, 3.63) is 52.8 Å². The van der Waals surface area contributed by atoms with Crippen molar-refractivity contribution in [2.75, 3.05) is 26.9 Å². The lowest BCUT2D eigenvalue weighted by atomic mass is 9.95. The van der Waals surface area contributed by atoms with E-state index in [2.05, 4.69) is 15.6 Å². The number of carbonyl (C=O) groups is 2. The molecule has 4 atom stereocenters. The van der Waals surface area contributed by atoms with E-state index in [9.17, 15) is 14.7 Å². The van der Waals surface area contributed by atoms with Crippen molar-refractivity contribution in [3.8, 4) is 11.5 Å². The number of fused-ring (bicyclic) bond motifs is 2. The predicted octanol–water partition coefficient (Wildman–Crippen LogP) is 1.05. The van der Waals surface area contributed by atoms with Crippen LogP contribution in [-0.2, 0) is 4.74 Å². The summed E-state index contributed by atoms with van der Waals surface area (Å²) in [4.78, 5) is 29.9. The van der Waals surface area contributed by atoms with Gasteiger partial charge in [0.05, 0.1) is 30.4 Å². The number of rotatable bonds is 4. The van der Waals surface area contributed by atoms with Crippen LogP contribution in [0.25, 0.3) is 0 Å². The van der Waals surface area contributed by atoms with Gasteiger partial charge in [0.1, 0.15) is 18.1 Å². The highest BCUT2D eigenvalue weighted by molar-refractivity contribution is 6.01. The summed E-state index contributed by atoms with van der Waals surface area (Å²) in [6.07, 6.45) is 0. The molecule has 3 heterocycles. The zero-order valence-electron chi connectivity index (χ0n) is 15.8. The fourth-order valence-electron chi connectivity index (χ4n) is 4.28. The molecule has 2 aromatic rings. The molecule has 3 N–H and O–H groups in total. The van der Waals surface area contributed by atoms with Gasteiger partial charge in [-0.2, -0.15) is 0 Å². The number of phenolic OH excluding ortho intramolecular Hbond substituents is 1. The summed E-state index contributed by atoms with van der Waals surface area (Å²) >= 11 is 0. The molecule has 2 aliphatic heterocycles. The van der Waals surface area contributed by atoms with Gasteiger partial charge in [0.15, 0.2) is 5.75 Å². The molecule has 3 aliphatic rings. The molecular formula is C21H21N3O5. The Morgan fingerprint density at radius 1 is 1.14 bits per heavy atom. The maximum Gasteiger partial charge on any atom is 0.270 e. The van der Waals surface area contributed by atoms with Gasteiger partial charge >= 0.3 is 0 Å². The Labute approximate surface area is 167 Å². The third kappa shape index (κ3) is 3.00. The third-order valence-corrected chi connectivity index (χ3v) is 5.95. The zero-order chi connectivity index (χ0) is 20.1. The van der Waals surface area contributed by atoms with Crippen LogP contribution in [0.3, 0.4) is 0 Å². The van der Waals surface area contributed by atoms with Gasteiger partial charge in [-0.15, -0.1) is 0 Å². The molecule has 0 radical (unpaired) electrons. The molecule has 0 spiro atoms. The third-order valence-electron chi connectivity index (χ3n) is 5.95. The first-order valence-corrected chi connectivity index (χ1v) is 9.64. The molecule has 1 saturated carbocycles. The number of ether oxygens (including phenoxy) is 2. The van der Waals surface area contributed by atoms with E-state index in [-0.39, 0.29) is 47.4 Å². The number of aromatic hydroxyl groups is 1. The first-order valence-electron chi connectivity index (χ1n) is 9.64. The zero-order valence-corrected chi connectivity index (χ0v) is 15.8. The lowest BCUT2D eigenvalue weighted by Gasteiger charge is -2.13. The number of benzene rings is 1. The van der Waals surface area contributed by atoms with E-state index in [1.54, 1.807) is 18.2 Å². The molecule has 1 aromatic heterocycles. The average molecular weight is 395 g/mol. The number of hydrogen-bond acceptors (Lipinski definition) is 6. The molecule has 2 amide bonds. The van der Waals surface area contributed by atoms with Crippen molar-refractivity contribution < 1.29 is 24.2 Å². The van der Waals surface area contributed by atoms with Gasteiger partial charge in [0.2, 0.25) is 0 Å². The van der Waals surface area contributed by atoms with Gasteiger partial charge in [-0.05, 0) is 23.8 Å². The Bertz CT molecular complexity index is 998. The average Bonchev–Trinajstić information content (AvgIpc) is 3.09. The van der Waals surface area contributed by atoms with Crippen LogP contribution in [0, 0.1) is 11.8 Å². The SMILES string of the molecule is CNC(=O)c1cc(C(=O)NC2[C@H]3COC[C@@H]23)nc2c1OCC2c1cccc(O)c1. The van der Waals surface area contributed by atoms with Gasteiger partial charge in [-0.1, -0.05) is 12.1 Å². The molecule has 0 bridgehead atoms. The number of nitrogens with zero attached hydrogens (tertiary/aromatic N) is 1. The van der Waals surface area contributed by atoms with Gasteiger partial charge in [-0.25, -0.2) is 4.98 Å². The normalized spacial score (nSPS) is 26.2. The van der Waals surface area contributed by atoms with Crippen molar-refractivity contribution in [1.82, 2.24) is 15.6 Å². The minimum atomic E-state index is -0.342. The van der Waals surface area contributed by atoms with Crippen LogP contribution in [-0.4, -0.2) is 54.8 Å². The summed E-state index contributed by atoms with van der Waals surface area (Å²) in [5.74, 6) is 0.335. The van der Waals surface area contributed by atoms with Crippen molar-refractivity contribution in [2.45, 2.75) is 12.0 Å². The Hall–Kier alpha value is -3.13. The van der Waals surface area contributed by atoms with E-state index in [1.165, 1.54) is 13.1 Å². The number of pyridine rings is 1. The summed E-state index contributed by atoms with van der Waals surface area (Å²) < 4.78 is 11.2. The summed E-state index contributed by atoms with van der Waals surface area (Å²) in [6, 6.07) is 8.42. The van der Waals surface area contributed by atoms with Crippen LogP contribution in [0.2, 0.25) is 0 Å². The van der Waals surface area contributed by atoms with Crippen molar-refractivity contribution in [2.24, 2.45) is 11.8 Å². The van der Waals surface area contributed by atoms with Crippen LogP contribution in [0.5, 0.6) is 11.5 Å². The molecule has 2 unspecified atom stereocenters. The molecule has 2 fully saturated rings. The van der Waals surface area contributed by atoms with Gasteiger partial charge in [0.25, 0.3) is 11.8 Å². The smallest absolute Gasteiger partial charge is 0.270 e. The summed E-state index contributed by atoms with van der Waals surface area (Å²) in [5.41, 5.74) is 1.81. The Kier molecular flexibility index (Phi) is 4.16. The summed E-state index contributed by atoms with van der Waals surface area (Å²) in [5, 5.41) is 15.4. The topological polar surface area (TPSA) is 110 Å². The first-order chi connectivity index (χ1) is 14.1. The Morgan fingerprint density at radius 3 is 2.66 bits per heavy atom. The van der Waals surface area contributed by atoms with Gasteiger partial charge < -0.3 is 25.2 Å². The second-order valence-electron chi connectivity index (χ2n) is 7.67. The Morgan fingerprint density at radius 2 is 1.93 bits per heavy atom. The molecule has 150 valence electrons. The van der Waals surface area contributed by atoms with E-state index >= 15 is 0 Å². The molecule has 8 heteroatoms. The molecule has 5 rings (SSSR count). The second-order valence-corrected chi connectivity index (χ2v) is 7.67. The maximum absolute atomic E-state index is 12.9. The summed E-state index contributed by atoms with van der Waals surface area (Å²) in [6.45, 7) is 1.62. The van der Waals surface area contributed by atoms with E-state index in [1.807, 2.05) is 6.07 Å². The molecule has 1 aromatic carbocycles. The number of phenols is 1. The number of aromatic nitrogens is 1. The van der Waals surface area contributed by atoms with Crippen LogP contribution in [0.1, 0.15) is 38.0 Å². The maximum atomic E-state index is 12.9. The minimum Gasteiger partial charge on any atom is -0.508 e. The largest absolute Gasteiger partial charge is 0.508 e. The molecule has 1 saturated heterocycles. The number of amides is 2. The van der Waals surface area contributed by atoms with Crippen LogP contribution < -0.4 is 15.4 Å². The van der Waals surface area contributed by atoms with Crippen LogP contribution in [0.4, 0.5) is 0 Å². The quantitative estimate of drug-likeness (QED) is 0.714. The monoisotopic (exact) mass is 395 g/mol. The van der Waals surface area contributed by atoms with Crippen LogP contribution in [0.15, 0.2) is 30.3 Å².